The molecule has 11 nitrogen and oxygen atoms in total. The van der Waals surface area contributed by atoms with E-state index >= 15 is 0 Å². The first-order chi connectivity index (χ1) is 25.9. The van der Waals surface area contributed by atoms with E-state index < -0.39 is 94.8 Å². The topological polar surface area (TPSA) is 144 Å². The van der Waals surface area contributed by atoms with Gasteiger partial charge in [0.2, 0.25) is 0 Å². The normalized spacial score (nSPS) is 18.4. The van der Waals surface area contributed by atoms with Crippen LogP contribution in [-0.2, 0) is 19.9 Å². The molecule has 5 rings (SSSR count). The first kappa shape index (κ1) is 42.2. The lowest BCUT2D eigenvalue weighted by molar-refractivity contribution is -0.348. The Hall–Kier alpha value is -4.97. The Balaban J connectivity index is 1.43. The number of rotatable bonds is 10. The molecule has 2 fully saturated rings. The van der Waals surface area contributed by atoms with Gasteiger partial charge in [-0.3, -0.25) is 14.5 Å². The molecule has 0 unspecified atom stereocenters. The molecule has 3 aromatic rings. The molecule has 2 aromatic carbocycles. The van der Waals surface area contributed by atoms with Crippen LogP contribution in [0.5, 0.6) is 5.75 Å². The van der Waals surface area contributed by atoms with E-state index in [1.165, 1.54) is 12.1 Å². The molecule has 0 atom stereocenters. The third kappa shape index (κ3) is 8.55. The van der Waals surface area contributed by atoms with Crippen molar-refractivity contribution in [2.24, 2.45) is 5.92 Å². The molecule has 1 aromatic heterocycles. The number of carboxylic acids is 1. The summed E-state index contributed by atoms with van der Waals surface area (Å²) >= 11 is 12.2. The van der Waals surface area contributed by atoms with E-state index in [0.717, 1.165) is 23.4 Å². The van der Waals surface area contributed by atoms with Gasteiger partial charge in [-0.25, -0.2) is 13.9 Å². The zero-order chi connectivity index (χ0) is 41.6. The Morgan fingerprint density at radius 2 is 1.55 bits per heavy atom. The number of ether oxygens (including phenoxy) is 3. The summed E-state index contributed by atoms with van der Waals surface area (Å²) in [6.45, 7) is -0.784. The van der Waals surface area contributed by atoms with Crippen molar-refractivity contribution in [1.29, 1.82) is 5.26 Å². The number of aromatic nitrogens is 2. The van der Waals surface area contributed by atoms with Gasteiger partial charge < -0.3 is 19.3 Å². The number of hydrogen-bond donors (Lipinski definition) is 1. The summed E-state index contributed by atoms with van der Waals surface area (Å²) in [5.74, 6) is -4.28. The minimum Gasteiger partial charge on any atom is -0.481 e. The third-order valence-corrected chi connectivity index (χ3v) is 9.68. The number of nitrogens with zero attached hydrogens (tertiary/aromatic N) is 4. The zero-order valence-corrected chi connectivity index (χ0v) is 29.4. The number of hydrogen-bond acceptors (Lipinski definition) is 8. The van der Waals surface area contributed by atoms with Crippen LogP contribution in [0.2, 0.25) is 10.0 Å². The Kier molecular flexibility index (Phi) is 11.4. The van der Waals surface area contributed by atoms with Crippen LogP contribution in [0.25, 0.3) is 16.8 Å². The van der Waals surface area contributed by atoms with E-state index in [4.69, 9.17) is 37.8 Å². The fourth-order valence-electron chi connectivity index (χ4n) is 5.95. The lowest BCUT2D eigenvalue weighted by Gasteiger charge is -2.31. The molecule has 0 aliphatic heterocycles. The van der Waals surface area contributed by atoms with E-state index in [-0.39, 0.29) is 66.3 Å². The standard InChI is InChI=1S/C33H24Cl2F10N4O7/c34-22-6-3-17(9-21(22)26(50)48(29(14-46)7-8-29)15-54-28(53)55-20-4-1-16(2-5-20)27(51)52)18-12-47-49(13-18)25-23(35)10-19(11-24(25)56-33(43,44)45)30(36,31(37,38)39)32(40,41)42/h3,6,9-13,16,20H,1-2,4-5,7-8,15H2,(H,51,52). The van der Waals surface area contributed by atoms with Gasteiger partial charge in [0.1, 0.15) is 17.3 Å². The lowest BCUT2D eigenvalue weighted by atomic mass is 9.87. The molecule has 1 amide bonds. The van der Waals surface area contributed by atoms with Crippen molar-refractivity contribution in [1.82, 2.24) is 14.7 Å². The lowest BCUT2D eigenvalue weighted by Crippen LogP contribution is -2.50. The summed E-state index contributed by atoms with van der Waals surface area (Å²) < 4.78 is 150. The van der Waals surface area contributed by atoms with E-state index in [0.29, 0.717) is 4.68 Å². The minimum atomic E-state index is -6.70. The van der Waals surface area contributed by atoms with Crippen molar-refractivity contribution < 1.29 is 77.6 Å². The van der Waals surface area contributed by atoms with Gasteiger partial charge in [-0.15, -0.1) is 13.2 Å². The summed E-state index contributed by atoms with van der Waals surface area (Å²) in [5, 5.41) is 21.3. The molecule has 2 aliphatic rings. The van der Waals surface area contributed by atoms with Crippen LogP contribution in [0.15, 0.2) is 42.7 Å². The van der Waals surface area contributed by atoms with Crippen LogP contribution in [0.3, 0.4) is 0 Å². The van der Waals surface area contributed by atoms with Crippen molar-refractivity contribution in [2.75, 3.05) is 6.73 Å². The van der Waals surface area contributed by atoms with E-state index in [1.807, 2.05) is 6.07 Å². The average molecular weight is 849 g/mol. The molecule has 2 aliphatic carbocycles. The largest absolute Gasteiger partial charge is 0.573 e. The van der Waals surface area contributed by atoms with Gasteiger partial charge in [-0.05, 0) is 68.4 Å². The molecule has 0 bridgehead atoms. The summed E-state index contributed by atoms with van der Waals surface area (Å²) in [6.07, 6.45) is -17.8. The van der Waals surface area contributed by atoms with Crippen molar-refractivity contribution in [3.63, 3.8) is 0 Å². The molecule has 0 saturated heterocycles. The number of aliphatic carboxylic acids is 1. The first-order valence-corrected chi connectivity index (χ1v) is 16.7. The molecule has 2 saturated carbocycles. The summed E-state index contributed by atoms with van der Waals surface area (Å²) in [4.78, 5) is 38.5. The molecule has 56 heavy (non-hydrogen) atoms. The van der Waals surface area contributed by atoms with Crippen LogP contribution in [0.4, 0.5) is 48.7 Å². The van der Waals surface area contributed by atoms with E-state index in [2.05, 4.69) is 9.84 Å². The number of carbonyl (C=O) groups excluding carboxylic acids is 2. The van der Waals surface area contributed by atoms with Gasteiger partial charge in [-0.1, -0.05) is 29.3 Å². The van der Waals surface area contributed by atoms with Crippen LogP contribution < -0.4 is 4.74 Å². The minimum absolute atomic E-state index is 0.0472. The highest BCUT2D eigenvalue weighted by Crippen LogP contribution is 2.55. The molecule has 1 heterocycles. The van der Waals surface area contributed by atoms with Gasteiger partial charge in [-0.2, -0.15) is 36.7 Å². The average Bonchev–Trinajstić information content (AvgIpc) is 3.73. The molecule has 0 radical (unpaired) electrons. The maximum atomic E-state index is 14.8. The van der Waals surface area contributed by atoms with Crippen LogP contribution >= 0.6 is 23.2 Å². The zero-order valence-electron chi connectivity index (χ0n) is 27.9. The summed E-state index contributed by atoms with van der Waals surface area (Å²) in [7, 11) is 0. The predicted octanol–water partition coefficient (Wildman–Crippen LogP) is 9.29. The fraction of sp³-hybridized carbons (Fsp3) is 0.424. The summed E-state index contributed by atoms with van der Waals surface area (Å²) in [6, 6.07) is 4.97. The highest BCUT2D eigenvalue weighted by molar-refractivity contribution is 6.34. The molecular weight excluding hydrogens is 825 g/mol. The van der Waals surface area contributed by atoms with Gasteiger partial charge in [0.15, 0.2) is 12.5 Å². The highest BCUT2D eigenvalue weighted by Gasteiger charge is 2.73. The van der Waals surface area contributed by atoms with Gasteiger partial charge >= 0.3 is 36.5 Å². The van der Waals surface area contributed by atoms with Crippen molar-refractivity contribution in [3.8, 4) is 28.6 Å². The van der Waals surface area contributed by atoms with Crippen molar-refractivity contribution in [3.05, 3.63) is 63.9 Å². The van der Waals surface area contributed by atoms with Gasteiger partial charge in [0, 0.05) is 17.3 Å². The van der Waals surface area contributed by atoms with Crippen LogP contribution in [-0.4, -0.2) is 74.9 Å². The Morgan fingerprint density at radius 1 is 0.929 bits per heavy atom. The van der Waals surface area contributed by atoms with Crippen molar-refractivity contribution >= 4 is 41.2 Å². The molecular formula is C33H24Cl2F10N4O7. The second kappa shape index (κ2) is 15.2. The molecule has 0 spiro atoms. The molecule has 1 N–H and O–H groups in total. The highest BCUT2D eigenvalue weighted by atomic mass is 35.5. The number of benzene rings is 2. The summed E-state index contributed by atoms with van der Waals surface area (Å²) in [5.41, 5.74) is -11.3. The quantitative estimate of drug-likeness (QED) is 0.120. The Labute approximate surface area is 318 Å². The monoisotopic (exact) mass is 848 g/mol. The fourth-order valence-corrected chi connectivity index (χ4v) is 6.44. The Bertz CT molecular complexity index is 2040. The first-order valence-electron chi connectivity index (χ1n) is 16.0. The van der Waals surface area contributed by atoms with Crippen LogP contribution in [0.1, 0.15) is 54.4 Å². The third-order valence-electron chi connectivity index (χ3n) is 9.07. The number of carboxylic acid groups (broad SMARTS) is 1. The van der Waals surface area contributed by atoms with Crippen LogP contribution in [0, 0.1) is 17.2 Å². The SMILES string of the molecule is N#CC1(N(COC(=O)OC2CCC(C(=O)O)CC2)C(=O)c2cc(-c3cnn(-c4c(Cl)cc(C(F)(C(F)(F)F)C(F)(F)F)cc4OC(F)(F)F)c3)ccc2Cl)CC1. The number of alkyl halides is 10. The number of carbonyl (C=O) groups is 3. The van der Waals surface area contributed by atoms with Gasteiger partial charge in [0.25, 0.3) is 5.91 Å². The predicted molar refractivity (Wildman–Crippen MR) is 170 cm³/mol. The maximum Gasteiger partial charge on any atom is 0.573 e. The number of nitriles is 1. The second-order valence-corrected chi connectivity index (χ2v) is 13.5. The molecule has 302 valence electrons. The maximum absolute atomic E-state index is 14.8. The number of amides is 1. The second-order valence-electron chi connectivity index (χ2n) is 12.7. The smallest absolute Gasteiger partial charge is 0.481 e. The van der Waals surface area contributed by atoms with Crippen molar-refractivity contribution in [2.45, 2.75) is 74.6 Å². The van der Waals surface area contributed by atoms with E-state index in [9.17, 15) is 63.5 Å². The number of halogens is 12. The Morgan fingerprint density at radius 3 is 2.09 bits per heavy atom. The molecule has 23 heteroatoms. The van der Waals surface area contributed by atoms with E-state index in [1.54, 1.807) is 0 Å². The van der Waals surface area contributed by atoms with Gasteiger partial charge in [0.05, 0.1) is 33.8 Å².